The summed E-state index contributed by atoms with van der Waals surface area (Å²) in [5.74, 6) is 0.516. The normalized spacial score (nSPS) is 15.9. The minimum absolute atomic E-state index is 0.0641. The molecule has 5 nitrogen and oxygen atoms in total. The molecule has 0 saturated carbocycles. The number of furan rings is 1. The molecule has 3 rings (SSSR count). The van der Waals surface area contributed by atoms with Gasteiger partial charge in [0.1, 0.15) is 11.5 Å². The zero-order valence-electron chi connectivity index (χ0n) is 16.0. The first-order chi connectivity index (χ1) is 12.8. The second kappa shape index (κ2) is 8.30. The second-order valence-corrected chi connectivity index (χ2v) is 9.67. The van der Waals surface area contributed by atoms with E-state index in [0.717, 1.165) is 6.42 Å². The Labute approximate surface area is 161 Å². The van der Waals surface area contributed by atoms with Crippen LogP contribution in [0.4, 0.5) is 0 Å². The summed E-state index contributed by atoms with van der Waals surface area (Å²) in [4.78, 5) is 14.3. The van der Waals surface area contributed by atoms with E-state index in [1.807, 2.05) is 0 Å². The van der Waals surface area contributed by atoms with Gasteiger partial charge < -0.3 is 9.32 Å². The van der Waals surface area contributed by atoms with Crippen molar-refractivity contribution in [3.05, 3.63) is 59.0 Å². The van der Waals surface area contributed by atoms with Gasteiger partial charge in [0.25, 0.3) is 0 Å². The molecular weight excluding hydrogens is 362 g/mol. The number of rotatable bonds is 6. The third-order valence-electron chi connectivity index (χ3n) is 5.42. The van der Waals surface area contributed by atoms with Crippen LogP contribution in [0, 0.1) is 13.8 Å². The molecule has 0 unspecified atom stereocenters. The van der Waals surface area contributed by atoms with E-state index in [2.05, 4.69) is 32.0 Å². The number of piperidine rings is 1. The van der Waals surface area contributed by atoms with Crippen molar-refractivity contribution in [3.63, 3.8) is 0 Å². The van der Waals surface area contributed by atoms with Gasteiger partial charge in [-0.2, -0.15) is 0 Å². The molecule has 0 aliphatic carbocycles. The highest BCUT2D eigenvalue weighted by Gasteiger charge is 2.32. The van der Waals surface area contributed by atoms with Crippen molar-refractivity contribution >= 4 is 15.7 Å². The number of likely N-dealkylation sites (tertiary alicyclic amines) is 1. The summed E-state index contributed by atoms with van der Waals surface area (Å²) < 4.78 is 30.2. The minimum atomic E-state index is -3.25. The van der Waals surface area contributed by atoms with Gasteiger partial charge in [0.15, 0.2) is 9.84 Å². The molecule has 0 atom stereocenters. The van der Waals surface area contributed by atoms with Crippen LogP contribution < -0.4 is 0 Å². The van der Waals surface area contributed by atoms with E-state index in [1.54, 1.807) is 17.0 Å². The van der Waals surface area contributed by atoms with Crippen LogP contribution in [-0.4, -0.2) is 37.6 Å². The standard InChI is InChI=1S/C21H27NO4S/c1-16-5-6-18(14-17(16)2)7-8-21(23)22-11-9-20(10-12-22)27(24,25)15-19-4-3-13-26-19/h3-6,13-14,20H,7-12,15H2,1-2H3. The molecule has 0 bridgehead atoms. The number of hydrogen-bond acceptors (Lipinski definition) is 4. The molecule has 1 amide bonds. The zero-order valence-corrected chi connectivity index (χ0v) is 16.8. The minimum Gasteiger partial charge on any atom is -0.468 e. The molecule has 146 valence electrons. The van der Waals surface area contributed by atoms with Crippen LogP contribution in [0.5, 0.6) is 0 Å². The Bertz CT molecular complexity index is 879. The Morgan fingerprint density at radius 2 is 1.89 bits per heavy atom. The number of sulfone groups is 1. The highest BCUT2D eigenvalue weighted by molar-refractivity contribution is 7.91. The number of amides is 1. The van der Waals surface area contributed by atoms with Gasteiger partial charge in [-0.3, -0.25) is 4.79 Å². The number of aryl methyl sites for hydroxylation is 3. The fraction of sp³-hybridized carbons (Fsp3) is 0.476. The van der Waals surface area contributed by atoms with Crippen molar-refractivity contribution in [2.45, 2.75) is 50.5 Å². The molecule has 1 saturated heterocycles. The lowest BCUT2D eigenvalue weighted by atomic mass is 10.0. The van der Waals surface area contributed by atoms with Gasteiger partial charge in [-0.05, 0) is 61.9 Å². The highest BCUT2D eigenvalue weighted by Crippen LogP contribution is 2.22. The number of carbonyl (C=O) groups is 1. The van der Waals surface area contributed by atoms with E-state index in [9.17, 15) is 13.2 Å². The Kier molecular flexibility index (Phi) is 6.05. The Morgan fingerprint density at radius 1 is 1.15 bits per heavy atom. The van der Waals surface area contributed by atoms with E-state index in [-0.39, 0.29) is 11.7 Å². The first kappa shape index (κ1) is 19.7. The summed E-state index contributed by atoms with van der Waals surface area (Å²) in [5.41, 5.74) is 3.66. The Hall–Kier alpha value is -2.08. The summed E-state index contributed by atoms with van der Waals surface area (Å²) in [6, 6.07) is 9.67. The summed E-state index contributed by atoms with van der Waals surface area (Å²) in [6.07, 6.45) is 3.67. The van der Waals surface area contributed by atoms with E-state index < -0.39 is 15.1 Å². The lowest BCUT2D eigenvalue weighted by molar-refractivity contribution is -0.132. The van der Waals surface area contributed by atoms with Crippen LogP contribution in [0.15, 0.2) is 41.0 Å². The van der Waals surface area contributed by atoms with Crippen molar-refractivity contribution in [2.75, 3.05) is 13.1 Å². The average Bonchev–Trinajstić information content (AvgIpc) is 3.15. The molecular formula is C21H27NO4S. The van der Waals surface area contributed by atoms with Crippen molar-refractivity contribution in [2.24, 2.45) is 0 Å². The van der Waals surface area contributed by atoms with Crippen LogP contribution in [0.2, 0.25) is 0 Å². The quantitative estimate of drug-likeness (QED) is 0.759. The predicted octanol–water partition coefficient (Wildman–Crippen LogP) is 3.44. The van der Waals surface area contributed by atoms with E-state index >= 15 is 0 Å². The maximum atomic E-state index is 12.5. The largest absolute Gasteiger partial charge is 0.468 e. The second-order valence-electron chi connectivity index (χ2n) is 7.39. The maximum absolute atomic E-state index is 12.5. The molecule has 0 spiro atoms. The molecule has 1 aromatic carbocycles. The van der Waals surface area contributed by atoms with Crippen molar-refractivity contribution in [3.8, 4) is 0 Å². The molecule has 6 heteroatoms. The molecule has 2 aromatic rings. The fourth-order valence-corrected chi connectivity index (χ4v) is 5.27. The van der Waals surface area contributed by atoms with Gasteiger partial charge in [-0.15, -0.1) is 0 Å². The van der Waals surface area contributed by atoms with Gasteiger partial charge in [0.2, 0.25) is 5.91 Å². The highest BCUT2D eigenvalue weighted by atomic mass is 32.2. The van der Waals surface area contributed by atoms with Gasteiger partial charge >= 0.3 is 0 Å². The monoisotopic (exact) mass is 389 g/mol. The average molecular weight is 390 g/mol. The van der Waals surface area contributed by atoms with Crippen LogP contribution in [0.25, 0.3) is 0 Å². The maximum Gasteiger partial charge on any atom is 0.222 e. The van der Waals surface area contributed by atoms with Gasteiger partial charge in [-0.25, -0.2) is 8.42 Å². The first-order valence-electron chi connectivity index (χ1n) is 9.43. The van der Waals surface area contributed by atoms with E-state index in [0.29, 0.717) is 38.1 Å². The summed E-state index contributed by atoms with van der Waals surface area (Å²) in [5, 5.41) is -0.397. The van der Waals surface area contributed by atoms with Crippen LogP contribution >= 0.6 is 0 Å². The molecule has 1 fully saturated rings. The van der Waals surface area contributed by atoms with E-state index in [1.165, 1.54) is 23.0 Å². The molecule has 1 aromatic heterocycles. The molecule has 1 aliphatic rings. The number of benzene rings is 1. The van der Waals surface area contributed by atoms with Gasteiger partial charge in [0, 0.05) is 19.5 Å². The van der Waals surface area contributed by atoms with Gasteiger partial charge in [-0.1, -0.05) is 18.2 Å². The zero-order chi connectivity index (χ0) is 19.4. The molecule has 27 heavy (non-hydrogen) atoms. The number of hydrogen-bond donors (Lipinski definition) is 0. The molecule has 1 aliphatic heterocycles. The lowest BCUT2D eigenvalue weighted by Gasteiger charge is -2.31. The summed E-state index contributed by atoms with van der Waals surface area (Å²) in [6.45, 7) is 5.17. The summed E-state index contributed by atoms with van der Waals surface area (Å²) in [7, 11) is -3.25. The van der Waals surface area contributed by atoms with Crippen molar-refractivity contribution in [1.29, 1.82) is 0 Å². The van der Waals surface area contributed by atoms with Crippen molar-refractivity contribution < 1.29 is 17.6 Å². The Morgan fingerprint density at radius 3 is 2.52 bits per heavy atom. The van der Waals surface area contributed by atoms with Crippen LogP contribution in [0.3, 0.4) is 0 Å². The van der Waals surface area contributed by atoms with Crippen LogP contribution in [0.1, 0.15) is 41.7 Å². The topological polar surface area (TPSA) is 67.6 Å². The lowest BCUT2D eigenvalue weighted by Crippen LogP contribution is -2.42. The molecule has 0 N–H and O–H groups in total. The summed E-state index contributed by atoms with van der Waals surface area (Å²) >= 11 is 0. The van der Waals surface area contributed by atoms with Gasteiger partial charge in [0.05, 0.1) is 11.5 Å². The van der Waals surface area contributed by atoms with Crippen LogP contribution in [-0.2, 0) is 26.8 Å². The predicted molar refractivity (Wildman–Crippen MR) is 105 cm³/mol. The van der Waals surface area contributed by atoms with Crippen molar-refractivity contribution in [1.82, 2.24) is 4.90 Å². The third-order valence-corrected chi connectivity index (χ3v) is 7.60. The molecule has 2 heterocycles. The fourth-order valence-electron chi connectivity index (χ4n) is 3.54. The number of carbonyl (C=O) groups excluding carboxylic acids is 1. The number of nitrogens with zero attached hydrogens (tertiary/aromatic N) is 1. The first-order valence-corrected chi connectivity index (χ1v) is 11.1. The molecule has 0 radical (unpaired) electrons. The van der Waals surface area contributed by atoms with E-state index in [4.69, 9.17) is 4.42 Å². The Balaban J connectivity index is 1.49. The smallest absolute Gasteiger partial charge is 0.222 e. The SMILES string of the molecule is Cc1ccc(CCC(=O)N2CCC(S(=O)(=O)Cc3ccco3)CC2)cc1C. The third kappa shape index (κ3) is 5.01.